The molecule has 0 amide bonds. The first-order valence-corrected chi connectivity index (χ1v) is 20.3. The molecule has 1 aliphatic rings. The van der Waals surface area contributed by atoms with Crippen LogP contribution in [-0.2, 0) is 42.0 Å². The first-order chi connectivity index (χ1) is 21.1. The molecule has 3 aromatic carbocycles. The van der Waals surface area contributed by atoms with Gasteiger partial charge in [0.15, 0.2) is 6.10 Å². The summed E-state index contributed by atoms with van der Waals surface area (Å²) in [5, 5.41) is 1.26. The van der Waals surface area contributed by atoms with Crippen LogP contribution in [0.2, 0.25) is 18.1 Å². The molecule has 1 fully saturated rings. The van der Waals surface area contributed by atoms with Crippen LogP contribution in [-0.4, -0.2) is 46.8 Å². The van der Waals surface area contributed by atoms with E-state index in [0.29, 0.717) is 6.61 Å². The fourth-order valence-electron chi connectivity index (χ4n) is 5.61. The summed E-state index contributed by atoms with van der Waals surface area (Å²) in [6.07, 6.45) is -0.469. The number of hydrogen-bond acceptors (Lipinski definition) is 6. The van der Waals surface area contributed by atoms with Gasteiger partial charge in [0.1, 0.15) is 12.2 Å². The van der Waals surface area contributed by atoms with Crippen LogP contribution in [0.15, 0.2) is 107 Å². The highest BCUT2D eigenvalue weighted by molar-refractivity contribution is 7.92. The minimum absolute atomic E-state index is 0.0498. The van der Waals surface area contributed by atoms with Crippen LogP contribution in [0.1, 0.15) is 52.7 Å². The summed E-state index contributed by atoms with van der Waals surface area (Å²) in [5.41, 5.74) is 0.518. The van der Waals surface area contributed by atoms with Crippen LogP contribution in [0.5, 0.6) is 0 Å². The molecule has 244 valence electrons. The Morgan fingerprint density at radius 3 is 1.80 bits per heavy atom. The smallest absolute Gasteiger partial charge is 0.209 e. The molecule has 0 unspecified atom stereocenters. The van der Waals surface area contributed by atoms with Gasteiger partial charge in [-0.1, -0.05) is 133 Å². The molecule has 1 heterocycles. The van der Waals surface area contributed by atoms with Gasteiger partial charge < -0.3 is 18.9 Å². The van der Waals surface area contributed by atoms with Gasteiger partial charge in [0.05, 0.1) is 39.1 Å². The predicted octanol–water partition coefficient (Wildman–Crippen LogP) is 8.35. The minimum atomic E-state index is -3.96. The Morgan fingerprint density at radius 2 is 1.29 bits per heavy atom. The summed E-state index contributed by atoms with van der Waals surface area (Å²) in [4.78, 5) is 0.181. The Kier molecular flexibility index (Phi) is 11.2. The largest absolute Gasteiger partial charge is 0.492 e. The van der Waals surface area contributed by atoms with Crippen molar-refractivity contribution in [1.29, 1.82) is 0 Å². The first-order valence-electron chi connectivity index (χ1n) is 15.7. The lowest BCUT2D eigenvalue weighted by molar-refractivity contribution is -0.0763. The fraction of sp³-hybridized carbons (Fsp3) is 0.459. The number of sulfone groups is 1. The van der Waals surface area contributed by atoms with E-state index >= 15 is 0 Å². The molecule has 1 saturated heterocycles. The summed E-state index contributed by atoms with van der Waals surface area (Å²) in [5.74, 6) is 0. The zero-order chi connectivity index (χ0) is 32.9. The van der Waals surface area contributed by atoms with Crippen LogP contribution in [0.3, 0.4) is 0 Å². The van der Waals surface area contributed by atoms with Crippen LogP contribution >= 0.6 is 0 Å². The van der Waals surface area contributed by atoms with E-state index in [1.807, 2.05) is 66.9 Å². The minimum Gasteiger partial charge on any atom is -0.492 e. The monoisotopic (exact) mass is 650 g/mol. The van der Waals surface area contributed by atoms with Gasteiger partial charge in [-0.2, -0.15) is 0 Å². The lowest BCUT2D eigenvalue weighted by Crippen LogP contribution is -2.45. The molecule has 0 aromatic heterocycles. The maximum absolute atomic E-state index is 14.2. The van der Waals surface area contributed by atoms with Gasteiger partial charge in [-0.15, -0.1) is 0 Å². The van der Waals surface area contributed by atoms with E-state index in [0.717, 1.165) is 11.1 Å². The average Bonchev–Trinajstić information content (AvgIpc) is 3.34. The number of benzene rings is 3. The third-order valence-electron chi connectivity index (χ3n) is 9.02. The zero-order valence-electron chi connectivity index (χ0n) is 28.0. The molecule has 4 atom stereocenters. The van der Waals surface area contributed by atoms with Crippen molar-refractivity contribution in [3.63, 3.8) is 0 Å². The van der Waals surface area contributed by atoms with Crippen LogP contribution < -0.4 is 0 Å². The predicted molar refractivity (Wildman–Crippen MR) is 183 cm³/mol. The average molecular weight is 651 g/mol. The number of allylic oxidation sites excluding steroid dienone is 1. The van der Waals surface area contributed by atoms with Crippen molar-refractivity contribution in [3.05, 3.63) is 114 Å². The van der Waals surface area contributed by atoms with E-state index < -0.39 is 41.7 Å². The van der Waals surface area contributed by atoms with Gasteiger partial charge >= 0.3 is 0 Å². The molecular formula is C37H50O6SSi. The summed E-state index contributed by atoms with van der Waals surface area (Å²) in [6, 6.07) is 28.1. The Labute approximate surface area is 271 Å². The second kappa shape index (κ2) is 14.3. The zero-order valence-corrected chi connectivity index (χ0v) is 29.8. The van der Waals surface area contributed by atoms with E-state index in [9.17, 15) is 8.42 Å². The van der Waals surface area contributed by atoms with Crippen molar-refractivity contribution in [3.8, 4) is 0 Å². The summed E-state index contributed by atoms with van der Waals surface area (Å²) in [6.45, 7) is 18.9. The molecule has 4 rings (SSSR count). The molecule has 8 heteroatoms. The quantitative estimate of drug-likeness (QED) is 0.145. The fourth-order valence-corrected chi connectivity index (χ4v) is 10.3. The van der Waals surface area contributed by atoms with Gasteiger partial charge in [0, 0.05) is 0 Å². The van der Waals surface area contributed by atoms with E-state index in [2.05, 4.69) is 54.6 Å². The number of ether oxygens (including phenoxy) is 4. The molecule has 6 nitrogen and oxygen atoms in total. The van der Waals surface area contributed by atoms with E-state index in [-0.39, 0.29) is 28.6 Å². The molecule has 0 aliphatic carbocycles. The second-order valence-electron chi connectivity index (χ2n) is 14.4. The van der Waals surface area contributed by atoms with Gasteiger partial charge in [-0.25, -0.2) is 8.42 Å². The molecule has 0 spiro atoms. The van der Waals surface area contributed by atoms with Crippen LogP contribution in [0.25, 0.3) is 0 Å². The van der Waals surface area contributed by atoms with Crippen LogP contribution in [0.4, 0.5) is 0 Å². The molecule has 0 N–H and O–H groups in total. The van der Waals surface area contributed by atoms with Crippen molar-refractivity contribution in [1.82, 2.24) is 0 Å². The molecule has 3 aromatic rings. The van der Waals surface area contributed by atoms with Gasteiger partial charge in [0.25, 0.3) is 0 Å². The molecule has 0 radical (unpaired) electrons. The molecular weight excluding hydrogens is 601 g/mol. The third-order valence-corrected chi connectivity index (χ3v) is 16.9. The lowest BCUT2D eigenvalue weighted by Gasteiger charge is -2.44. The SMILES string of the molecule is CC(C)(C)/C(=C/O[C@@H]1[C@@H](OCc2ccccc2)[C@@H](COCc2ccccc2)O[C@H]1S(=O)(=O)c1ccccc1)[Si](C)(C)C(C)(C)C. The van der Waals surface area contributed by atoms with Crippen molar-refractivity contribution in [2.45, 2.75) is 102 Å². The van der Waals surface area contributed by atoms with Gasteiger partial charge in [-0.3, -0.25) is 0 Å². The first kappa shape index (κ1) is 35.1. The highest BCUT2D eigenvalue weighted by Gasteiger charge is 2.53. The standard InChI is InChI=1S/C37H50O6SSi/c1-36(2,3)32(45(7,8)37(4,5)6)27-42-34-33(41-25-29-20-14-10-15-21-29)31(26-40-24-28-18-12-9-13-19-28)43-35(34)44(38,39)30-22-16-11-17-23-30/h9-23,27,31,33-35H,24-26H2,1-8H3/b32-27-/t31-,33+,34-,35+/m1/s1. The Balaban J connectivity index is 1.74. The Bertz CT molecular complexity index is 1490. The summed E-state index contributed by atoms with van der Waals surface area (Å²) < 4.78 is 54.1. The molecule has 0 saturated carbocycles. The maximum atomic E-state index is 14.2. The molecule has 45 heavy (non-hydrogen) atoms. The number of rotatable bonds is 12. The topological polar surface area (TPSA) is 71.1 Å². The number of hydrogen-bond donors (Lipinski definition) is 0. The molecule has 1 aliphatic heterocycles. The van der Waals surface area contributed by atoms with E-state index in [1.165, 1.54) is 5.20 Å². The van der Waals surface area contributed by atoms with Gasteiger partial charge in [-0.05, 0) is 38.9 Å². The van der Waals surface area contributed by atoms with E-state index in [4.69, 9.17) is 18.9 Å². The summed E-state index contributed by atoms with van der Waals surface area (Å²) >= 11 is 0. The third kappa shape index (κ3) is 8.54. The highest BCUT2D eigenvalue weighted by Crippen LogP contribution is 2.47. The van der Waals surface area contributed by atoms with E-state index in [1.54, 1.807) is 30.3 Å². The normalized spacial score (nSPS) is 21.6. The lowest BCUT2D eigenvalue weighted by atomic mass is 9.96. The van der Waals surface area contributed by atoms with Crippen molar-refractivity contribution in [2.75, 3.05) is 6.61 Å². The summed E-state index contributed by atoms with van der Waals surface area (Å²) in [7, 11) is -6.02. The van der Waals surface area contributed by atoms with Crippen molar-refractivity contribution < 1.29 is 27.4 Å². The van der Waals surface area contributed by atoms with Gasteiger partial charge in [0.2, 0.25) is 15.3 Å². The second-order valence-corrected chi connectivity index (χ2v) is 21.7. The van der Waals surface area contributed by atoms with Crippen molar-refractivity contribution in [2.24, 2.45) is 5.41 Å². The van der Waals surface area contributed by atoms with Crippen molar-refractivity contribution >= 4 is 17.9 Å². The Morgan fingerprint density at radius 1 is 0.778 bits per heavy atom. The molecule has 0 bridgehead atoms. The Hall–Kier alpha value is -2.75. The highest BCUT2D eigenvalue weighted by atomic mass is 32.2. The maximum Gasteiger partial charge on any atom is 0.209 e. The van der Waals surface area contributed by atoms with Crippen LogP contribution in [0, 0.1) is 5.41 Å².